The summed E-state index contributed by atoms with van der Waals surface area (Å²) in [5, 5.41) is 2.88. The van der Waals surface area contributed by atoms with Crippen LogP contribution < -0.4 is 24.3 Å². The van der Waals surface area contributed by atoms with Gasteiger partial charge in [0.25, 0.3) is 5.91 Å². The molecule has 0 fully saturated rings. The Kier molecular flexibility index (Phi) is 5.79. The molecule has 0 saturated carbocycles. The highest BCUT2D eigenvalue weighted by Gasteiger charge is 2.24. The first-order valence-electron chi connectivity index (χ1n) is 8.26. The van der Waals surface area contributed by atoms with Crippen LogP contribution in [-0.4, -0.2) is 39.0 Å². The molecule has 9 heteroatoms. The van der Waals surface area contributed by atoms with Gasteiger partial charge in [-0.1, -0.05) is 11.6 Å². The second-order valence-electron chi connectivity index (χ2n) is 5.79. The van der Waals surface area contributed by atoms with Crippen molar-refractivity contribution >= 4 is 29.2 Å². The molecule has 0 spiro atoms. The van der Waals surface area contributed by atoms with Gasteiger partial charge in [0, 0.05) is 6.07 Å². The minimum atomic E-state index is -1.08. The molecule has 1 unspecified atom stereocenters. The molecule has 8 nitrogen and oxygen atoms in total. The average Bonchev–Trinajstić information content (AvgIpc) is 3.17. The van der Waals surface area contributed by atoms with Crippen molar-refractivity contribution in [1.29, 1.82) is 0 Å². The third-order valence-corrected chi connectivity index (χ3v) is 4.26. The van der Waals surface area contributed by atoms with Crippen LogP contribution in [0.5, 0.6) is 23.0 Å². The van der Waals surface area contributed by atoms with Crippen molar-refractivity contribution in [3.05, 3.63) is 40.9 Å². The van der Waals surface area contributed by atoms with E-state index in [1.54, 1.807) is 18.2 Å². The Labute approximate surface area is 166 Å². The Morgan fingerprint density at radius 3 is 2.64 bits per heavy atom. The normalized spacial score (nSPS) is 12.9. The second-order valence-corrected chi connectivity index (χ2v) is 6.20. The summed E-state index contributed by atoms with van der Waals surface area (Å²) in [7, 11) is 2.98. The Hall–Kier alpha value is -3.13. The average molecular weight is 408 g/mol. The van der Waals surface area contributed by atoms with E-state index in [0.717, 1.165) is 0 Å². The van der Waals surface area contributed by atoms with Crippen molar-refractivity contribution < 1.29 is 33.3 Å². The van der Waals surface area contributed by atoms with E-state index in [0.29, 0.717) is 28.7 Å². The quantitative estimate of drug-likeness (QED) is 0.734. The maximum atomic E-state index is 12.4. The summed E-state index contributed by atoms with van der Waals surface area (Å²) < 4.78 is 26.0. The van der Waals surface area contributed by atoms with Crippen molar-refractivity contribution in [3.8, 4) is 23.0 Å². The number of esters is 1. The van der Waals surface area contributed by atoms with Crippen molar-refractivity contribution in [3.63, 3.8) is 0 Å². The Morgan fingerprint density at radius 1 is 1.14 bits per heavy atom. The molecule has 3 rings (SSSR count). The van der Waals surface area contributed by atoms with E-state index in [1.807, 2.05) is 0 Å². The molecular formula is C19H18ClNO7. The molecule has 1 atom stereocenters. The number of anilines is 1. The van der Waals surface area contributed by atoms with Crippen LogP contribution in [0, 0.1) is 0 Å². The third kappa shape index (κ3) is 4.07. The fourth-order valence-electron chi connectivity index (χ4n) is 2.51. The van der Waals surface area contributed by atoms with Gasteiger partial charge in [-0.25, -0.2) is 4.79 Å². The van der Waals surface area contributed by atoms with Crippen LogP contribution in [0.15, 0.2) is 30.3 Å². The van der Waals surface area contributed by atoms with Crippen LogP contribution in [0.2, 0.25) is 5.02 Å². The van der Waals surface area contributed by atoms with Gasteiger partial charge in [0.1, 0.15) is 11.5 Å². The topological polar surface area (TPSA) is 92.3 Å². The van der Waals surface area contributed by atoms with Crippen molar-refractivity contribution in [2.75, 3.05) is 26.3 Å². The van der Waals surface area contributed by atoms with Crippen molar-refractivity contribution in [1.82, 2.24) is 0 Å². The summed E-state index contributed by atoms with van der Waals surface area (Å²) >= 11 is 6.07. The van der Waals surface area contributed by atoms with Gasteiger partial charge in [-0.05, 0) is 31.2 Å². The van der Waals surface area contributed by atoms with Gasteiger partial charge in [0.15, 0.2) is 17.6 Å². The Balaban J connectivity index is 1.69. The molecule has 0 aromatic heterocycles. The molecule has 148 valence electrons. The fraction of sp³-hybridized carbons (Fsp3) is 0.263. The molecule has 2 aromatic carbocycles. The number of halogens is 1. The van der Waals surface area contributed by atoms with E-state index < -0.39 is 18.0 Å². The first kappa shape index (κ1) is 19.6. The number of benzene rings is 2. The van der Waals surface area contributed by atoms with Crippen LogP contribution in [0.4, 0.5) is 5.69 Å². The van der Waals surface area contributed by atoms with Gasteiger partial charge in [-0.15, -0.1) is 0 Å². The smallest absolute Gasteiger partial charge is 0.339 e. The van der Waals surface area contributed by atoms with Gasteiger partial charge < -0.3 is 29.0 Å². The van der Waals surface area contributed by atoms with Gasteiger partial charge >= 0.3 is 5.97 Å². The minimum absolute atomic E-state index is 0.0226. The molecule has 0 radical (unpaired) electrons. The monoisotopic (exact) mass is 407 g/mol. The summed E-state index contributed by atoms with van der Waals surface area (Å²) in [6.45, 7) is 1.48. The number of methoxy groups -OCH3 is 2. The van der Waals surface area contributed by atoms with Crippen LogP contribution in [-0.2, 0) is 9.53 Å². The lowest BCUT2D eigenvalue weighted by Crippen LogP contribution is -2.30. The molecule has 0 aliphatic carbocycles. The first-order chi connectivity index (χ1) is 13.4. The molecule has 0 bridgehead atoms. The van der Waals surface area contributed by atoms with Gasteiger partial charge in [0.2, 0.25) is 6.79 Å². The highest BCUT2D eigenvalue weighted by molar-refractivity contribution is 6.32. The molecule has 1 aliphatic rings. The van der Waals surface area contributed by atoms with Crippen LogP contribution in [0.1, 0.15) is 17.3 Å². The molecule has 0 saturated heterocycles. The number of fused-ring (bicyclic) bond motifs is 1. The van der Waals surface area contributed by atoms with Gasteiger partial charge in [0.05, 0.1) is 30.5 Å². The van der Waals surface area contributed by atoms with E-state index in [1.165, 1.54) is 33.3 Å². The van der Waals surface area contributed by atoms with Gasteiger partial charge in [-0.2, -0.15) is 0 Å². The van der Waals surface area contributed by atoms with Crippen LogP contribution >= 0.6 is 11.6 Å². The zero-order chi connectivity index (χ0) is 20.3. The van der Waals surface area contributed by atoms with Crippen molar-refractivity contribution in [2.24, 2.45) is 0 Å². The standard InChI is InChI=1S/C19H18ClNO7/c1-10(18(22)21-14-8-12(24-2)4-5-15(14)25-3)28-19(23)11-6-13(20)17-16(7-11)26-9-27-17/h4-8,10H,9H2,1-3H3,(H,21,22). The third-order valence-electron chi connectivity index (χ3n) is 3.98. The first-order valence-corrected chi connectivity index (χ1v) is 8.63. The van der Waals surface area contributed by atoms with E-state index in [-0.39, 0.29) is 17.4 Å². The number of rotatable bonds is 6. The lowest BCUT2D eigenvalue weighted by molar-refractivity contribution is -0.123. The summed E-state index contributed by atoms with van der Waals surface area (Å²) in [4.78, 5) is 24.8. The number of hydrogen-bond acceptors (Lipinski definition) is 7. The largest absolute Gasteiger partial charge is 0.497 e. The fourth-order valence-corrected chi connectivity index (χ4v) is 2.78. The zero-order valence-corrected chi connectivity index (χ0v) is 16.2. The molecule has 1 heterocycles. The van der Waals surface area contributed by atoms with E-state index in [9.17, 15) is 9.59 Å². The van der Waals surface area contributed by atoms with E-state index in [2.05, 4.69) is 5.32 Å². The lowest BCUT2D eigenvalue weighted by atomic mass is 10.2. The van der Waals surface area contributed by atoms with Crippen LogP contribution in [0.25, 0.3) is 0 Å². The molecule has 2 aromatic rings. The van der Waals surface area contributed by atoms with Crippen molar-refractivity contribution in [2.45, 2.75) is 13.0 Å². The second kappa shape index (κ2) is 8.26. The number of amides is 1. The predicted molar refractivity (Wildman–Crippen MR) is 101 cm³/mol. The molecule has 28 heavy (non-hydrogen) atoms. The predicted octanol–water partition coefficient (Wildman–Crippen LogP) is 3.27. The Bertz CT molecular complexity index is 915. The number of nitrogens with one attached hydrogen (secondary N) is 1. The van der Waals surface area contributed by atoms with E-state index >= 15 is 0 Å². The highest BCUT2D eigenvalue weighted by atomic mass is 35.5. The molecular weight excluding hydrogens is 390 g/mol. The number of hydrogen-bond donors (Lipinski definition) is 1. The van der Waals surface area contributed by atoms with Crippen LogP contribution in [0.3, 0.4) is 0 Å². The van der Waals surface area contributed by atoms with Gasteiger partial charge in [-0.3, -0.25) is 4.79 Å². The summed E-state index contributed by atoms with van der Waals surface area (Å²) in [6, 6.07) is 7.79. The number of carbonyl (C=O) groups is 2. The highest BCUT2D eigenvalue weighted by Crippen LogP contribution is 2.40. The minimum Gasteiger partial charge on any atom is -0.497 e. The SMILES string of the molecule is COc1ccc(OC)c(NC(=O)C(C)OC(=O)c2cc(Cl)c3c(c2)OCO3)c1. The molecule has 1 N–H and O–H groups in total. The number of carbonyl (C=O) groups excluding carboxylic acids is 2. The summed E-state index contributed by atoms with van der Waals surface area (Å²) in [5.41, 5.74) is 0.536. The summed E-state index contributed by atoms with van der Waals surface area (Å²) in [5.74, 6) is 0.435. The Morgan fingerprint density at radius 2 is 1.93 bits per heavy atom. The maximum Gasteiger partial charge on any atom is 0.339 e. The lowest BCUT2D eigenvalue weighted by Gasteiger charge is -2.16. The molecule has 1 amide bonds. The number of ether oxygens (including phenoxy) is 5. The maximum absolute atomic E-state index is 12.4. The molecule has 1 aliphatic heterocycles. The van der Waals surface area contributed by atoms with E-state index in [4.69, 9.17) is 35.3 Å². The summed E-state index contributed by atoms with van der Waals surface area (Å²) in [6.07, 6.45) is -1.08. The zero-order valence-electron chi connectivity index (χ0n) is 15.4.